The van der Waals surface area contributed by atoms with Crippen molar-refractivity contribution in [3.8, 4) is 11.5 Å². The number of aliphatic hydroxyl groups excluding tert-OH is 4. The van der Waals surface area contributed by atoms with Crippen LogP contribution >= 0.6 is 0 Å². The monoisotopic (exact) mass is 1010 g/mol. The zero-order valence-electron chi connectivity index (χ0n) is 38.7. The highest BCUT2D eigenvalue weighted by molar-refractivity contribution is 5.88. The second kappa shape index (κ2) is 25.0. The fourth-order valence-electron chi connectivity index (χ4n) is 7.51. The van der Waals surface area contributed by atoms with E-state index in [1.165, 1.54) is 60.7 Å². The number of hydrogen-bond donors (Lipinski definition) is 6. The van der Waals surface area contributed by atoms with Crippen LogP contribution < -0.4 is 0 Å². The molecule has 0 radical (unpaired) electrons. The van der Waals surface area contributed by atoms with Crippen LogP contribution in [-0.4, -0.2) is 184 Å². The summed E-state index contributed by atoms with van der Waals surface area (Å²) in [5.41, 5.74) is 0.812. The number of esters is 7. The smallest absolute Gasteiger partial charge is 0.331 e. The average Bonchev–Trinajstić information content (AvgIpc) is 3.57. The average molecular weight is 1010 g/mol. The predicted octanol–water partition coefficient (Wildman–Crippen LogP) is -0.778. The first-order chi connectivity index (χ1) is 33.6. The van der Waals surface area contributed by atoms with E-state index in [0.717, 1.165) is 46.8 Å². The van der Waals surface area contributed by atoms with E-state index in [1.54, 1.807) is 0 Å². The second-order valence-electron chi connectivity index (χ2n) is 16.0. The molecule has 3 saturated heterocycles. The van der Waals surface area contributed by atoms with E-state index >= 15 is 0 Å². The lowest BCUT2D eigenvalue weighted by molar-refractivity contribution is -0.399. The van der Waals surface area contributed by atoms with Crippen LogP contribution in [0.15, 0.2) is 60.7 Å². The summed E-state index contributed by atoms with van der Waals surface area (Å²) in [7, 11) is 0. The molecule has 3 fully saturated rings. The Hall–Kier alpha value is -6.55. The highest BCUT2D eigenvalue weighted by Gasteiger charge is 2.63. The molecule has 0 amide bonds. The van der Waals surface area contributed by atoms with Crippen LogP contribution in [0, 0.1) is 0 Å². The van der Waals surface area contributed by atoms with Crippen molar-refractivity contribution in [3.05, 3.63) is 71.8 Å². The number of rotatable bonds is 19. The third-order valence-electron chi connectivity index (χ3n) is 10.6. The summed E-state index contributed by atoms with van der Waals surface area (Å²) in [6.07, 6.45) is -20.7. The summed E-state index contributed by atoms with van der Waals surface area (Å²) in [6.45, 7) is 1.06. The van der Waals surface area contributed by atoms with Crippen LogP contribution in [0.5, 0.6) is 11.5 Å². The molecule has 0 spiro atoms. The largest absolute Gasteiger partial charge is 0.508 e. The number of aliphatic hydroxyl groups is 4. The number of hydrogen-bond acceptors (Lipinski definition) is 25. The Morgan fingerprint density at radius 2 is 1.01 bits per heavy atom. The Kier molecular flexibility index (Phi) is 19.5. The number of carbonyl (C=O) groups excluding carboxylic acids is 7. The summed E-state index contributed by atoms with van der Waals surface area (Å²) in [6, 6.07) is 11.1. The van der Waals surface area contributed by atoms with Gasteiger partial charge in [-0.15, -0.1) is 0 Å². The second-order valence-corrected chi connectivity index (χ2v) is 16.0. The number of ether oxygens (including phenoxy) is 12. The van der Waals surface area contributed by atoms with Crippen LogP contribution in [0.25, 0.3) is 12.2 Å². The van der Waals surface area contributed by atoms with Gasteiger partial charge in [0.15, 0.2) is 36.8 Å². The Morgan fingerprint density at radius 3 is 1.49 bits per heavy atom. The van der Waals surface area contributed by atoms with Crippen molar-refractivity contribution in [1.29, 1.82) is 0 Å². The molecule has 2 aromatic rings. The van der Waals surface area contributed by atoms with Gasteiger partial charge in [-0.2, -0.15) is 0 Å². The lowest BCUT2D eigenvalue weighted by Gasteiger charge is -2.49. The van der Waals surface area contributed by atoms with Crippen molar-refractivity contribution in [1.82, 2.24) is 0 Å². The van der Waals surface area contributed by atoms with E-state index < -0.39 is 154 Å². The molecule has 0 unspecified atom stereocenters. The molecule has 3 aliphatic rings. The Labute approximate surface area is 404 Å². The highest BCUT2D eigenvalue weighted by atomic mass is 16.8. The molecule has 25 heteroatoms. The van der Waals surface area contributed by atoms with E-state index in [1.807, 2.05) is 0 Å². The van der Waals surface area contributed by atoms with E-state index in [2.05, 4.69) is 0 Å². The normalized spacial score (nSPS) is 30.5. The summed E-state index contributed by atoms with van der Waals surface area (Å²) in [4.78, 5) is 89.2. The molecule has 14 atom stereocenters. The van der Waals surface area contributed by atoms with Gasteiger partial charge in [0.25, 0.3) is 0 Å². The van der Waals surface area contributed by atoms with Crippen molar-refractivity contribution in [2.75, 3.05) is 26.4 Å². The van der Waals surface area contributed by atoms with Gasteiger partial charge in [-0.25, -0.2) is 9.59 Å². The van der Waals surface area contributed by atoms with Crippen LogP contribution in [0.3, 0.4) is 0 Å². The van der Waals surface area contributed by atoms with E-state index in [9.17, 15) is 64.2 Å². The third kappa shape index (κ3) is 15.0. The van der Waals surface area contributed by atoms with Crippen LogP contribution in [0.2, 0.25) is 0 Å². The van der Waals surface area contributed by atoms with Gasteiger partial charge in [-0.05, 0) is 47.5 Å². The number of aromatic hydroxyl groups is 2. The maximum Gasteiger partial charge on any atom is 0.331 e. The zero-order valence-corrected chi connectivity index (χ0v) is 38.7. The van der Waals surface area contributed by atoms with Crippen molar-refractivity contribution in [2.45, 2.75) is 120 Å². The van der Waals surface area contributed by atoms with Gasteiger partial charge in [0.2, 0.25) is 12.1 Å². The van der Waals surface area contributed by atoms with Crippen LogP contribution in [0.4, 0.5) is 0 Å². The molecule has 0 aromatic heterocycles. The summed E-state index contributed by atoms with van der Waals surface area (Å²) >= 11 is 0. The molecule has 0 saturated carbocycles. The number of benzene rings is 2. The Morgan fingerprint density at radius 1 is 0.549 bits per heavy atom. The molecule has 71 heavy (non-hydrogen) atoms. The molecule has 0 bridgehead atoms. The molecule has 2 aromatic carbocycles. The summed E-state index contributed by atoms with van der Waals surface area (Å²) < 4.78 is 68.9. The first-order valence-electron chi connectivity index (χ1n) is 21.7. The van der Waals surface area contributed by atoms with Crippen molar-refractivity contribution in [3.63, 3.8) is 0 Å². The molecule has 25 nitrogen and oxygen atoms in total. The fourth-order valence-corrected chi connectivity index (χ4v) is 7.51. The maximum atomic E-state index is 13.8. The van der Waals surface area contributed by atoms with Gasteiger partial charge in [0, 0.05) is 46.8 Å². The van der Waals surface area contributed by atoms with Crippen LogP contribution in [0.1, 0.15) is 45.7 Å². The Balaban J connectivity index is 1.63. The first kappa shape index (κ1) is 55.4. The minimum Gasteiger partial charge on any atom is -0.508 e. The van der Waals surface area contributed by atoms with Crippen molar-refractivity contribution in [2.24, 2.45) is 0 Å². The highest BCUT2D eigenvalue weighted by Crippen LogP contribution is 2.41. The molecule has 3 aliphatic heterocycles. The third-order valence-corrected chi connectivity index (χ3v) is 10.6. The lowest BCUT2D eigenvalue weighted by atomic mass is 9.96. The van der Waals surface area contributed by atoms with Gasteiger partial charge in [-0.3, -0.25) is 24.0 Å². The molecule has 388 valence electrons. The van der Waals surface area contributed by atoms with Gasteiger partial charge in [0.05, 0.1) is 6.61 Å². The van der Waals surface area contributed by atoms with E-state index in [4.69, 9.17) is 56.8 Å². The van der Waals surface area contributed by atoms with Gasteiger partial charge < -0.3 is 87.5 Å². The standard InChI is InChI=1S/C46H54O25/c1-22(49)60-19-32-38(62-24(3)51)37(59)40(63-25(4)52)44(65-32)69-41-39(67-34(56)16-10-27-6-12-29(54)13-7-27)33(20-61-23(2)50)66-45(42(41)64-26(5)53)71-46(21-48)43(36(58)31(18-47)70-46)68-35(57)17-11-28-8-14-30(55)15-9-28/h6-17,31-33,36-45,47-48,54-55,58-59H,18-21H2,1-5H3/t31-,32+,33+,36+,37-,38+,39+,40+,41-,42+,43-,44-,45-,46-/m0/s1. The molecule has 0 aliphatic carbocycles. The molecular formula is C46H54O25. The summed E-state index contributed by atoms with van der Waals surface area (Å²) in [5, 5.41) is 63.6. The first-order valence-corrected chi connectivity index (χ1v) is 21.7. The minimum atomic E-state index is -2.74. The molecule has 6 N–H and O–H groups in total. The topological polar surface area (TPSA) is 352 Å². The van der Waals surface area contributed by atoms with Crippen LogP contribution in [-0.2, 0) is 90.4 Å². The van der Waals surface area contributed by atoms with E-state index in [0.29, 0.717) is 11.1 Å². The number of phenolic OH excluding ortho intramolecular Hbond substituents is 2. The van der Waals surface area contributed by atoms with Crippen molar-refractivity contribution < 1.29 is 121 Å². The molecule has 5 rings (SSSR count). The van der Waals surface area contributed by atoms with Crippen molar-refractivity contribution >= 4 is 53.9 Å². The quantitative estimate of drug-likeness (QED) is 0.0571. The van der Waals surface area contributed by atoms with Gasteiger partial charge in [-0.1, -0.05) is 24.3 Å². The lowest BCUT2D eigenvalue weighted by Crippen LogP contribution is -2.68. The maximum absolute atomic E-state index is 13.8. The fraction of sp³-hybridized carbons (Fsp3) is 0.500. The van der Waals surface area contributed by atoms with E-state index in [-0.39, 0.29) is 11.5 Å². The minimum absolute atomic E-state index is 0.0630. The summed E-state index contributed by atoms with van der Waals surface area (Å²) in [5.74, 6) is -10.1. The molecule has 3 heterocycles. The van der Waals surface area contributed by atoms with Gasteiger partial charge in [0.1, 0.15) is 67.9 Å². The SMILES string of the molecule is CC(=O)OC[C@H]1O[C@@H](O[C@@H]2[C@@H](OC(C)=O)[C@H](O[C@]3(CO)O[C@@H](CO)[C@@H](O)[C@@H]3OC(=O)C=Cc3ccc(O)cc3)O[C@H](COC(C)=O)[C@H]2OC(=O)C=Cc2ccc(O)cc2)[C@H](OC(C)=O)[C@@H](O)[C@@H]1OC(C)=O. The molecular weight excluding hydrogens is 952 g/mol. The predicted molar refractivity (Wildman–Crippen MR) is 231 cm³/mol. The van der Waals surface area contributed by atoms with Gasteiger partial charge >= 0.3 is 41.8 Å². The Bertz CT molecular complexity index is 2240. The number of carbonyl (C=O) groups is 7. The zero-order chi connectivity index (χ0) is 52.2. The number of phenols is 2.